The number of hydrogen-bond acceptors (Lipinski definition) is 2. The van der Waals surface area contributed by atoms with Crippen LogP contribution >= 0.6 is 11.3 Å². The summed E-state index contributed by atoms with van der Waals surface area (Å²) in [6.07, 6.45) is 8.14. The van der Waals surface area contributed by atoms with Crippen LogP contribution in [0.2, 0.25) is 0 Å². The molecule has 2 rings (SSSR count). The van der Waals surface area contributed by atoms with E-state index in [4.69, 9.17) is 0 Å². The van der Waals surface area contributed by atoms with Crippen LogP contribution in [0, 0.1) is 5.92 Å². The number of hydrogen-bond donors (Lipinski definition) is 1. The molecule has 1 heterocycles. The highest BCUT2D eigenvalue weighted by atomic mass is 32.1. The molecule has 0 aromatic carbocycles. The maximum atomic E-state index is 3.71. The molecule has 0 aliphatic heterocycles. The predicted molar refractivity (Wildman–Crippen MR) is 72.1 cm³/mol. The summed E-state index contributed by atoms with van der Waals surface area (Å²) in [4.78, 5) is 1.53. The fraction of sp³-hybridized carbons (Fsp3) is 0.714. The molecule has 0 amide bonds. The Labute approximate surface area is 103 Å². The average Bonchev–Trinajstić information content (AvgIpc) is 2.80. The standard InChI is InChI=1S/C14H23NS/c1-12-6-8-13(9-7-12)15-10-2-4-14-5-3-11-16-14/h3,5,11-13,15H,2,4,6-10H2,1H3. The molecule has 1 N–H and O–H groups in total. The van der Waals surface area contributed by atoms with Crippen molar-refractivity contribution in [3.63, 3.8) is 0 Å². The minimum atomic E-state index is 0.805. The first-order chi connectivity index (χ1) is 7.84. The van der Waals surface area contributed by atoms with Crippen LogP contribution in [0.5, 0.6) is 0 Å². The summed E-state index contributed by atoms with van der Waals surface area (Å²) in [6.45, 7) is 3.57. The van der Waals surface area contributed by atoms with Gasteiger partial charge in [-0.3, -0.25) is 0 Å². The van der Waals surface area contributed by atoms with Gasteiger partial charge in [-0.15, -0.1) is 11.3 Å². The van der Waals surface area contributed by atoms with Crippen LogP contribution in [-0.2, 0) is 6.42 Å². The van der Waals surface area contributed by atoms with Gasteiger partial charge in [0.15, 0.2) is 0 Å². The van der Waals surface area contributed by atoms with Gasteiger partial charge in [-0.25, -0.2) is 0 Å². The zero-order valence-corrected chi connectivity index (χ0v) is 11.1. The first kappa shape index (κ1) is 12.1. The summed E-state index contributed by atoms with van der Waals surface area (Å²) in [5.74, 6) is 0.962. The lowest BCUT2D eigenvalue weighted by Gasteiger charge is -2.27. The highest BCUT2D eigenvalue weighted by Crippen LogP contribution is 2.23. The minimum Gasteiger partial charge on any atom is -0.314 e. The van der Waals surface area contributed by atoms with Gasteiger partial charge in [0.05, 0.1) is 0 Å². The molecule has 0 spiro atoms. The molecular formula is C14H23NS. The molecular weight excluding hydrogens is 214 g/mol. The van der Waals surface area contributed by atoms with Gasteiger partial charge in [0.25, 0.3) is 0 Å². The lowest BCUT2D eigenvalue weighted by atomic mass is 9.87. The quantitative estimate of drug-likeness (QED) is 0.767. The smallest absolute Gasteiger partial charge is 0.00672 e. The molecule has 1 nitrogen and oxygen atoms in total. The molecule has 0 atom stereocenters. The summed E-state index contributed by atoms with van der Waals surface area (Å²) in [5, 5.41) is 5.88. The Morgan fingerprint density at radius 2 is 2.12 bits per heavy atom. The molecule has 0 bridgehead atoms. The third-order valence-electron chi connectivity index (χ3n) is 3.63. The van der Waals surface area contributed by atoms with Crippen molar-refractivity contribution in [3.05, 3.63) is 22.4 Å². The largest absolute Gasteiger partial charge is 0.314 e. The summed E-state index contributed by atoms with van der Waals surface area (Å²) < 4.78 is 0. The fourth-order valence-electron chi connectivity index (χ4n) is 2.49. The van der Waals surface area contributed by atoms with E-state index in [1.807, 2.05) is 11.3 Å². The van der Waals surface area contributed by atoms with Crippen molar-refractivity contribution in [1.82, 2.24) is 5.32 Å². The third kappa shape index (κ3) is 3.91. The van der Waals surface area contributed by atoms with E-state index in [2.05, 4.69) is 29.8 Å². The lowest BCUT2D eigenvalue weighted by molar-refractivity contribution is 0.307. The Morgan fingerprint density at radius 3 is 2.81 bits per heavy atom. The Hall–Kier alpha value is -0.340. The zero-order chi connectivity index (χ0) is 11.2. The third-order valence-corrected chi connectivity index (χ3v) is 4.57. The highest BCUT2D eigenvalue weighted by Gasteiger charge is 2.16. The molecule has 1 aliphatic rings. The van der Waals surface area contributed by atoms with Gasteiger partial charge in [-0.05, 0) is 62.4 Å². The Morgan fingerprint density at radius 1 is 1.31 bits per heavy atom. The zero-order valence-electron chi connectivity index (χ0n) is 10.2. The van der Waals surface area contributed by atoms with Crippen LogP contribution in [0.25, 0.3) is 0 Å². The molecule has 0 radical (unpaired) electrons. The molecule has 1 fully saturated rings. The summed E-state index contributed by atoms with van der Waals surface area (Å²) in [6, 6.07) is 5.20. The van der Waals surface area contributed by atoms with E-state index in [-0.39, 0.29) is 0 Å². The van der Waals surface area contributed by atoms with E-state index in [9.17, 15) is 0 Å². The van der Waals surface area contributed by atoms with Crippen LogP contribution < -0.4 is 5.32 Å². The van der Waals surface area contributed by atoms with Crippen molar-refractivity contribution in [1.29, 1.82) is 0 Å². The van der Waals surface area contributed by atoms with Crippen LogP contribution in [0.3, 0.4) is 0 Å². The van der Waals surface area contributed by atoms with Crippen LogP contribution in [-0.4, -0.2) is 12.6 Å². The van der Waals surface area contributed by atoms with Gasteiger partial charge < -0.3 is 5.32 Å². The normalized spacial score (nSPS) is 25.8. The molecule has 0 unspecified atom stereocenters. The minimum absolute atomic E-state index is 0.805. The Kier molecular flexibility index (Phi) is 4.86. The fourth-order valence-corrected chi connectivity index (χ4v) is 3.24. The van der Waals surface area contributed by atoms with E-state index >= 15 is 0 Å². The molecule has 90 valence electrons. The van der Waals surface area contributed by atoms with Crippen LogP contribution in [0.1, 0.15) is 43.9 Å². The predicted octanol–water partition coefficient (Wildman–Crippen LogP) is 3.85. The van der Waals surface area contributed by atoms with Gasteiger partial charge in [-0.2, -0.15) is 0 Å². The van der Waals surface area contributed by atoms with Gasteiger partial charge in [0.2, 0.25) is 0 Å². The second-order valence-corrected chi connectivity index (χ2v) is 6.13. The second kappa shape index (κ2) is 6.41. The van der Waals surface area contributed by atoms with Gasteiger partial charge in [0, 0.05) is 10.9 Å². The molecule has 1 aliphatic carbocycles. The Bertz CT molecular complexity index is 273. The van der Waals surface area contributed by atoms with E-state index in [0.29, 0.717) is 0 Å². The molecule has 16 heavy (non-hydrogen) atoms. The first-order valence-electron chi connectivity index (χ1n) is 6.60. The van der Waals surface area contributed by atoms with Gasteiger partial charge in [0.1, 0.15) is 0 Å². The maximum Gasteiger partial charge on any atom is 0.00672 e. The summed E-state index contributed by atoms with van der Waals surface area (Å²) in [5.41, 5.74) is 0. The average molecular weight is 237 g/mol. The highest BCUT2D eigenvalue weighted by molar-refractivity contribution is 7.09. The number of aryl methyl sites for hydroxylation is 1. The van der Waals surface area contributed by atoms with Crippen LogP contribution in [0.4, 0.5) is 0 Å². The second-order valence-electron chi connectivity index (χ2n) is 5.09. The molecule has 0 saturated heterocycles. The van der Waals surface area contributed by atoms with Crippen LogP contribution in [0.15, 0.2) is 17.5 Å². The van der Waals surface area contributed by atoms with E-state index in [1.165, 1.54) is 49.9 Å². The van der Waals surface area contributed by atoms with Crippen molar-refractivity contribution >= 4 is 11.3 Å². The first-order valence-corrected chi connectivity index (χ1v) is 7.48. The van der Waals surface area contributed by atoms with Crippen molar-refractivity contribution < 1.29 is 0 Å². The monoisotopic (exact) mass is 237 g/mol. The van der Waals surface area contributed by atoms with E-state index in [0.717, 1.165) is 12.0 Å². The Balaban J connectivity index is 1.55. The molecule has 1 aromatic heterocycles. The molecule has 1 aromatic rings. The van der Waals surface area contributed by atoms with Crippen molar-refractivity contribution in [3.8, 4) is 0 Å². The number of thiophene rings is 1. The molecule has 2 heteroatoms. The molecule has 1 saturated carbocycles. The van der Waals surface area contributed by atoms with E-state index in [1.54, 1.807) is 0 Å². The number of nitrogens with one attached hydrogen (secondary N) is 1. The van der Waals surface area contributed by atoms with Crippen molar-refractivity contribution in [2.45, 2.75) is 51.5 Å². The van der Waals surface area contributed by atoms with Crippen molar-refractivity contribution in [2.75, 3.05) is 6.54 Å². The SMILES string of the molecule is CC1CCC(NCCCc2cccs2)CC1. The summed E-state index contributed by atoms with van der Waals surface area (Å²) >= 11 is 1.88. The topological polar surface area (TPSA) is 12.0 Å². The summed E-state index contributed by atoms with van der Waals surface area (Å²) in [7, 11) is 0. The maximum absolute atomic E-state index is 3.71. The van der Waals surface area contributed by atoms with Crippen molar-refractivity contribution in [2.24, 2.45) is 5.92 Å². The lowest BCUT2D eigenvalue weighted by Crippen LogP contribution is -2.33. The van der Waals surface area contributed by atoms with Gasteiger partial charge in [-0.1, -0.05) is 13.0 Å². The van der Waals surface area contributed by atoms with E-state index < -0.39 is 0 Å². The van der Waals surface area contributed by atoms with Gasteiger partial charge >= 0.3 is 0 Å². The number of rotatable bonds is 5.